The predicted octanol–water partition coefficient (Wildman–Crippen LogP) is 4.42. The minimum atomic E-state index is -0.0905. The maximum atomic E-state index is 9.34. The Hall–Kier alpha value is -3.86. The lowest BCUT2D eigenvalue weighted by atomic mass is 9.99. The molecule has 0 aliphatic carbocycles. The van der Waals surface area contributed by atoms with Crippen LogP contribution in [0.25, 0.3) is 22.2 Å². The molecule has 0 spiro atoms. The van der Waals surface area contributed by atoms with E-state index in [2.05, 4.69) is 25.7 Å². The zero-order valence-electron chi connectivity index (χ0n) is 18.7. The first kappa shape index (κ1) is 19.8. The molecule has 2 aliphatic heterocycles. The summed E-state index contributed by atoms with van der Waals surface area (Å²) in [6, 6.07) is 12.4. The number of hydrogen-bond acceptors (Lipinski definition) is 7. The molecule has 2 aliphatic rings. The van der Waals surface area contributed by atoms with Crippen molar-refractivity contribution in [2.75, 3.05) is 24.6 Å². The Morgan fingerprint density at radius 1 is 1.12 bits per heavy atom. The molecule has 1 aromatic carbocycles. The summed E-state index contributed by atoms with van der Waals surface area (Å²) in [7, 11) is 0. The zero-order chi connectivity index (χ0) is 22.5. The molecule has 1 saturated heterocycles. The molecule has 0 bridgehead atoms. The maximum absolute atomic E-state index is 9.34. The number of nitriles is 1. The van der Waals surface area contributed by atoms with Gasteiger partial charge in [-0.2, -0.15) is 5.26 Å². The third-order valence-electron chi connectivity index (χ3n) is 6.78. The van der Waals surface area contributed by atoms with Crippen molar-refractivity contribution in [1.29, 1.82) is 5.26 Å². The van der Waals surface area contributed by atoms with E-state index < -0.39 is 0 Å². The van der Waals surface area contributed by atoms with Crippen LogP contribution >= 0.6 is 0 Å². The first-order chi connectivity index (χ1) is 16.2. The number of imidazole rings is 1. The lowest BCUT2D eigenvalue weighted by Gasteiger charge is -2.34. The van der Waals surface area contributed by atoms with E-state index in [-0.39, 0.29) is 12.0 Å². The van der Waals surface area contributed by atoms with Crippen LogP contribution in [0.2, 0.25) is 0 Å². The minimum Gasteiger partial charge on any atom is -0.488 e. The lowest BCUT2D eigenvalue weighted by molar-refractivity contribution is 0.257. The highest BCUT2D eigenvalue weighted by Crippen LogP contribution is 2.46. The van der Waals surface area contributed by atoms with Crippen molar-refractivity contribution in [2.24, 2.45) is 5.92 Å². The van der Waals surface area contributed by atoms with Gasteiger partial charge in [-0.3, -0.25) is 9.55 Å². The molecule has 1 fully saturated rings. The monoisotopic (exact) mass is 440 g/mol. The molecule has 1 atom stereocenters. The molecule has 4 aromatic rings. The second kappa shape index (κ2) is 7.62. The van der Waals surface area contributed by atoms with Gasteiger partial charge < -0.3 is 14.2 Å². The molecular formula is C25H24N6O2. The lowest BCUT2D eigenvalue weighted by Crippen LogP contribution is -2.37. The Labute approximate surface area is 191 Å². The van der Waals surface area contributed by atoms with Crippen molar-refractivity contribution in [2.45, 2.75) is 32.7 Å². The summed E-state index contributed by atoms with van der Waals surface area (Å²) in [6.45, 7) is 5.95. The standard InChI is InChI=1S/C25H24N6O2/c1-15-22(16(2)33-29-15)18-6-7-20-23-24(18)32-14-21(19-5-3-4-10-27-19)31(23)25(28-20)30-11-8-17(13-26)9-12-30/h3-7,10,17,21H,8-9,11-12,14H2,1-2H3/t21-/m1/s1. The summed E-state index contributed by atoms with van der Waals surface area (Å²) in [5.41, 5.74) is 5.56. The number of aryl methyl sites for hydroxylation is 2. The number of rotatable bonds is 3. The summed E-state index contributed by atoms with van der Waals surface area (Å²) in [5, 5.41) is 13.5. The van der Waals surface area contributed by atoms with Gasteiger partial charge in [0.05, 0.1) is 28.5 Å². The molecule has 3 aromatic heterocycles. The number of anilines is 1. The molecule has 8 heteroatoms. The number of pyridine rings is 1. The molecule has 0 saturated carbocycles. The maximum Gasteiger partial charge on any atom is 0.207 e. The normalized spacial score (nSPS) is 18.3. The molecule has 6 rings (SSSR count). The van der Waals surface area contributed by atoms with E-state index in [9.17, 15) is 5.26 Å². The van der Waals surface area contributed by atoms with Crippen molar-refractivity contribution < 1.29 is 9.26 Å². The van der Waals surface area contributed by atoms with Gasteiger partial charge >= 0.3 is 0 Å². The molecule has 5 heterocycles. The van der Waals surface area contributed by atoms with Crippen molar-refractivity contribution in [3.63, 3.8) is 0 Å². The molecule has 166 valence electrons. The fourth-order valence-corrected chi connectivity index (χ4v) is 5.11. The Balaban J connectivity index is 1.57. The minimum absolute atomic E-state index is 0.0905. The number of aromatic nitrogens is 4. The number of hydrogen-bond donors (Lipinski definition) is 0. The molecule has 0 amide bonds. The summed E-state index contributed by atoms with van der Waals surface area (Å²) >= 11 is 0. The number of piperidine rings is 1. The SMILES string of the molecule is Cc1noc(C)c1-c1ccc2nc(N3CCC(C#N)CC3)n3c2c1OC[C@@H]3c1ccccn1. The number of benzene rings is 1. The molecular weight excluding hydrogens is 416 g/mol. The molecule has 8 nitrogen and oxygen atoms in total. The first-order valence-electron chi connectivity index (χ1n) is 11.3. The zero-order valence-corrected chi connectivity index (χ0v) is 18.7. The van der Waals surface area contributed by atoms with Crippen LogP contribution in [-0.2, 0) is 0 Å². The van der Waals surface area contributed by atoms with Crippen LogP contribution in [0.1, 0.15) is 36.0 Å². The van der Waals surface area contributed by atoms with Gasteiger partial charge in [-0.15, -0.1) is 0 Å². The smallest absolute Gasteiger partial charge is 0.207 e. The Morgan fingerprint density at radius 3 is 2.67 bits per heavy atom. The van der Waals surface area contributed by atoms with E-state index >= 15 is 0 Å². The molecule has 0 radical (unpaired) electrons. The number of nitrogens with zero attached hydrogens (tertiary/aromatic N) is 6. The van der Waals surface area contributed by atoms with Crippen molar-refractivity contribution in [1.82, 2.24) is 19.7 Å². The van der Waals surface area contributed by atoms with Crippen molar-refractivity contribution in [3.8, 4) is 22.9 Å². The summed E-state index contributed by atoms with van der Waals surface area (Å²) < 4.78 is 14.2. The molecule has 0 unspecified atom stereocenters. The van der Waals surface area contributed by atoms with E-state index in [1.807, 2.05) is 50.4 Å². The highest BCUT2D eigenvalue weighted by atomic mass is 16.5. The van der Waals surface area contributed by atoms with Gasteiger partial charge in [0, 0.05) is 30.8 Å². The van der Waals surface area contributed by atoms with Crippen molar-refractivity contribution >= 4 is 17.0 Å². The van der Waals surface area contributed by atoms with E-state index in [1.54, 1.807) is 0 Å². The van der Waals surface area contributed by atoms with Crippen LogP contribution in [0.3, 0.4) is 0 Å². The first-order valence-corrected chi connectivity index (χ1v) is 11.3. The second-order valence-corrected chi connectivity index (χ2v) is 8.76. The van der Waals surface area contributed by atoms with Gasteiger partial charge in [0.2, 0.25) is 5.95 Å². The Bertz CT molecular complexity index is 1360. The second-order valence-electron chi connectivity index (χ2n) is 8.76. The third kappa shape index (κ3) is 3.07. The van der Waals surface area contributed by atoms with Crippen LogP contribution < -0.4 is 9.64 Å². The van der Waals surface area contributed by atoms with Crippen LogP contribution in [-0.4, -0.2) is 39.4 Å². The third-order valence-corrected chi connectivity index (χ3v) is 6.78. The Morgan fingerprint density at radius 2 is 1.97 bits per heavy atom. The van der Waals surface area contributed by atoms with E-state index in [4.69, 9.17) is 14.2 Å². The van der Waals surface area contributed by atoms with Crippen LogP contribution in [0.4, 0.5) is 5.95 Å². The molecule has 0 N–H and O–H groups in total. The topological polar surface area (TPSA) is 93.0 Å². The van der Waals surface area contributed by atoms with Gasteiger partial charge in [0.25, 0.3) is 0 Å². The quantitative estimate of drug-likeness (QED) is 0.465. The highest BCUT2D eigenvalue weighted by molar-refractivity contribution is 5.94. The van der Waals surface area contributed by atoms with Gasteiger partial charge in [-0.25, -0.2) is 4.98 Å². The highest BCUT2D eigenvalue weighted by Gasteiger charge is 2.34. The summed E-state index contributed by atoms with van der Waals surface area (Å²) in [4.78, 5) is 12.0. The van der Waals surface area contributed by atoms with Gasteiger partial charge in [-0.1, -0.05) is 11.2 Å². The largest absolute Gasteiger partial charge is 0.488 e. The van der Waals surface area contributed by atoms with E-state index in [0.717, 1.165) is 76.9 Å². The Kier molecular flexibility index (Phi) is 4.57. The average Bonchev–Trinajstić information content (AvgIpc) is 3.41. The van der Waals surface area contributed by atoms with Crippen molar-refractivity contribution in [3.05, 3.63) is 53.7 Å². The summed E-state index contributed by atoms with van der Waals surface area (Å²) in [5.74, 6) is 2.60. The van der Waals surface area contributed by atoms with Crippen LogP contribution in [0.15, 0.2) is 41.1 Å². The van der Waals surface area contributed by atoms with E-state index in [1.165, 1.54) is 0 Å². The van der Waals surface area contributed by atoms with Crippen LogP contribution in [0.5, 0.6) is 5.75 Å². The van der Waals surface area contributed by atoms with Gasteiger partial charge in [0.1, 0.15) is 23.9 Å². The van der Waals surface area contributed by atoms with Gasteiger partial charge in [0.15, 0.2) is 5.75 Å². The van der Waals surface area contributed by atoms with Gasteiger partial charge in [-0.05, 0) is 51.0 Å². The van der Waals surface area contributed by atoms with Crippen LogP contribution in [0, 0.1) is 31.1 Å². The summed E-state index contributed by atoms with van der Waals surface area (Å²) in [6.07, 6.45) is 3.51. The molecule has 33 heavy (non-hydrogen) atoms. The van der Waals surface area contributed by atoms with E-state index in [0.29, 0.717) is 6.61 Å². The fourth-order valence-electron chi connectivity index (χ4n) is 5.11. The number of ether oxygens (including phenoxy) is 1. The predicted molar refractivity (Wildman–Crippen MR) is 123 cm³/mol. The fraction of sp³-hybridized carbons (Fsp3) is 0.360. The average molecular weight is 441 g/mol.